The molecule has 0 atom stereocenters. The average Bonchev–Trinajstić information content (AvgIpc) is 2.14. The van der Waals surface area contributed by atoms with Crippen molar-refractivity contribution in [2.45, 2.75) is 6.42 Å². The van der Waals surface area contributed by atoms with Gasteiger partial charge < -0.3 is 20.5 Å². The van der Waals surface area contributed by atoms with Gasteiger partial charge in [0.25, 0.3) is 0 Å². The highest BCUT2D eigenvalue weighted by molar-refractivity contribution is 5.75. The summed E-state index contributed by atoms with van der Waals surface area (Å²) < 4.78 is 5.14. The van der Waals surface area contributed by atoms with E-state index in [2.05, 4.69) is 10.6 Å². The molecule has 0 saturated carbocycles. The van der Waals surface area contributed by atoms with Crippen molar-refractivity contribution in [3.63, 3.8) is 0 Å². The zero-order valence-corrected chi connectivity index (χ0v) is 8.01. The molecule has 3 N–H and O–H groups in total. The molecule has 0 aromatic heterocycles. The first-order valence-corrected chi connectivity index (χ1v) is 4.41. The summed E-state index contributed by atoms with van der Waals surface area (Å²) in [6.07, 6.45) is 0.351. The number of hydrogen-bond donors (Lipinski definition) is 3. The molecular weight excluding hydrogens is 172 g/mol. The molecule has 0 saturated heterocycles. The molecule has 0 fully saturated rings. The van der Waals surface area contributed by atoms with E-state index >= 15 is 0 Å². The zero-order valence-electron chi connectivity index (χ0n) is 8.01. The van der Waals surface area contributed by atoms with Gasteiger partial charge in [-0.2, -0.15) is 0 Å². The number of aliphatic hydroxyl groups excluding tert-OH is 1. The lowest BCUT2D eigenvalue weighted by atomic mass is 10.4. The fourth-order valence-corrected chi connectivity index (χ4v) is 0.725. The Hall–Kier alpha value is -0.650. The highest BCUT2D eigenvalue weighted by atomic mass is 16.5. The Morgan fingerprint density at radius 2 is 2.15 bits per heavy atom. The van der Waals surface area contributed by atoms with Crippen LogP contribution in [0.3, 0.4) is 0 Å². The van der Waals surface area contributed by atoms with E-state index in [0.29, 0.717) is 26.2 Å². The minimum absolute atomic E-state index is 0.0215. The van der Waals surface area contributed by atoms with Crippen LogP contribution in [0.5, 0.6) is 0 Å². The molecule has 0 aliphatic carbocycles. The molecule has 0 unspecified atom stereocenters. The van der Waals surface area contributed by atoms with Crippen LogP contribution < -0.4 is 10.6 Å². The number of carbonyl (C=O) groups excluding carboxylic acids is 1. The molecule has 78 valence electrons. The summed E-state index contributed by atoms with van der Waals surface area (Å²) in [6.45, 7) is 2.13. The van der Waals surface area contributed by atoms with Crippen LogP contribution >= 0.6 is 0 Å². The molecule has 0 heterocycles. The third kappa shape index (κ3) is 9.26. The Bertz CT molecular complexity index is 131. The van der Waals surface area contributed by atoms with Crippen LogP contribution in [0.4, 0.5) is 0 Å². The summed E-state index contributed by atoms with van der Waals surface area (Å²) >= 11 is 0. The van der Waals surface area contributed by atoms with Crippen LogP contribution in [0, 0.1) is 0 Å². The monoisotopic (exact) mass is 190 g/mol. The van der Waals surface area contributed by atoms with Crippen molar-refractivity contribution >= 4 is 5.91 Å². The van der Waals surface area contributed by atoms with Gasteiger partial charge in [0, 0.05) is 19.5 Å². The van der Waals surface area contributed by atoms with Gasteiger partial charge in [-0.05, 0) is 7.05 Å². The van der Waals surface area contributed by atoms with Gasteiger partial charge in [0.05, 0.1) is 19.8 Å². The quantitative estimate of drug-likeness (QED) is 0.417. The van der Waals surface area contributed by atoms with Gasteiger partial charge in [-0.25, -0.2) is 0 Å². The van der Waals surface area contributed by atoms with Crippen molar-refractivity contribution in [3.8, 4) is 0 Å². The maximum atomic E-state index is 10.9. The van der Waals surface area contributed by atoms with Crippen LogP contribution in [0.25, 0.3) is 0 Å². The SMILES string of the molecule is CNCCOCCC(=O)NCCO. The smallest absolute Gasteiger partial charge is 0.222 e. The number of nitrogens with one attached hydrogen (secondary N) is 2. The largest absolute Gasteiger partial charge is 0.395 e. The molecule has 0 spiro atoms. The lowest BCUT2D eigenvalue weighted by molar-refractivity contribution is -0.122. The molecule has 5 heteroatoms. The fraction of sp³-hybridized carbons (Fsp3) is 0.875. The van der Waals surface area contributed by atoms with Gasteiger partial charge in [0.2, 0.25) is 5.91 Å². The molecule has 0 aromatic carbocycles. The predicted octanol–water partition coefficient (Wildman–Crippen LogP) is -1.28. The van der Waals surface area contributed by atoms with Gasteiger partial charge in [-0.1, -0.05) is 0 Å². The third-order valence-corrected chi connectivity index (χ3v) is 1.40. The van der Waals surface area contributed by atoms with E-state index in [9.17, 15) is 4.79 Å². The number of ether oxygens (including phenoxy) is 1. The summed E-state index contributed by atoms with van der Waals surface area (Å²) in [5.41, 5.74) is 0. The Morgan fingerprint density at radius 3 is 2.77 bits per heavy atom. The van der Waals surface area contributed by atoms with Gasteiger partial charge >= 0.3 is 0 Å². The van der Waals surface area contributed by atoms with E-state index in [0.717, 1.165) is 6.54 Å². The Balaban J connectivity index is 3.08. The second-order valence-electron chi connectivity index (χ2n) is 2.54. The van der Waals surface area contributed by atoms with E-state index in [1.807, 2.05) is 7.05 Å². The highest BCUT2D eigenvalue weighted by Gasteiger charge is 1.98. The molecule has 0 aliphatic rings. The lowest BCUT2D eigenvalue weighted by Crippen LogP contribution is -2.27. The Kier molecular flexibility index (Phi) is 8.97. The minimum atomic E-state index is -0.0847. The summed E-state index contributed by atoms with van der Waals surface area (Å²) in [7, 11) is 1.84. The standard InChI is InChI=1S/C8H18N2O3/c1-9-4-7-13-6-2-8(12)10-3-5-11/h9,11H,2-7H2,1H3,(H,10,12). The first-order chi connectivity index (χ1) is 6.31. The number of hydrogen-bond acceptors (Lipinski definition) is 4. The second-order valence-corrected chi connectivity index (χ2v) is 2.54. The minimum Gasteiger partial charge on any atom is -0.395 e. The van der Waals surface area contributed by atoms with E-state index in [-0.39, 0.29) is 12.5 Å². The summed E-state index contributed by atoms with van der Waals surface area (Å²) in [6, 6.07) is 0. The maximum Gasteiger partial charge on any atom is 0.222 e. The van der Waals surface area contributed by atoms with Crippen LogP contribution in [-0.4, -0.2) is 51.0 Å². The maximum absolute atomic E-state index is 10.9. The van der Waals surface area contributed by atoms with E-state index in [1.54, 1.807) is 0 Å². The molecule has 0 aromatic rings. The summed E-state index contributed by atoms with van der Waals surface area (Å²) in [4.78, 5) is 10.9. The first-order valence-electron chi connectivity index (χ1n) is 4.41. The van der Waals surface area contributed by atoms with Crippen LogP contribution in [0.15, 0.2) is 0 Å². The van der Waals surface area contributed by atoms with E-state index in [4.69, 9.17) is 9.84 Å². The molecule has 0 aliphatic heterocycles. The average molecular weight is 190 g/mol. The molecular formula is C8H18N2O3. The number of carbonyl (C=O) groups is 1. The molecule has 0 bridgehead atoms. The molecule has 0 rings (SSSR count). The van der Waals surface area contributed by atoms with Crippen molar-refractivity contribution in [2.75, 3.05) is 40.0 Å². The number of likely N-dealkylation sites (N-methyl/N-ethyl adjacent to an activating group) is 1. The van der Waals surface area contributed by atoms with Crippen LogP contribution in [-0.2, 0) is 9.53 Å². The van der Waals surface area contributed by atoms with Crippen LogP contribution in [0.1, 0.15) is 6.42 Å². The summed E-state index contributed by atoms with van der Waals surface area (Å²) in [5, 5.41) is 13.9. The second kappa shape index (κ2) is 9.44. The predicted molar refractivity (Wildman–Crippen MR) is 49.5 cm³/mol. The van der Waals surface area contributed by atoms with Crippen LogP contribution in [0.2, 0.25) is 0 Å². The van der Waals surface area contributed by atoms with Crippen molar-refractivity contribution in [3.05, 3.63) is 0 Å². The van der Waals surface area contributed by atoms with Crippen molar-refractivity contribution in [1.82, 2.24) is 10.6 Å². The highest BCUT2D eigenvalue weighted by Crippen LogP contribution is 1.82. The molecule has 1 amide bonds. The van der Waals surface area contributed by atoms with Crippen molar-refractivity contribution in [2.24, 2.45) is 0 Å². The fourth-order valence-electron chi connectivity index (χ4n) is 0.725. The van der Waals surface area contributed by atoms with Crippen molar-refractivity contribution in [1.29, 1.82) is 0 Å². The Labute approximate surface area is 78.5 Å². The normalized spacial score (nSPS) is 10.0. The molecule has 13 heavy (non-hydrogen) atoms. The first kappa shape index (κ1) is 12.3. The molecule has 5 nitrogen and oxygen atoms in total. The van der Waals surface area contributed by atoms with Gasteiger partial charge in [0.1, 0.15) is 0 Å². The van der Waals surface area contributed by atoms with Gasteiger partial charge in [-0.15, -0.1) is 0 Å². The zero-order chi connectivity index (χ0) is 9.94. The lowest BCUT2D eigenvalue weighted by Gasteiger charge is -2.04. The van der Waals surface area contributed by atoms with Gasteiger partial charge in [0.15, 0.2) is 0 Å². The Morgan fingerprint density at radius 1 is 1.38 bits per heavy atom. The van der Waals surface area contributed by atoms with Gasteiger partial charge in [-0.3, -0.25) is 4.79 Å². The number of amides is 1. The van der Waals surface area contributed by atoms with Crippen molar-refractivity contribution < 1.29 is 14.6 Å². The number of aliphatic hydroxyl groups is 1. The molecule has 0 radical (unpaired) electrons. The number of rotatable bonds is 8. The van der Waals surface area contributed by atoms with E-state index in [1.165, 1.54) is 0 Å². The summed E-state index contributed by atoms with van der Waals surface area (Å²) in [5.74, 6) is -0.0847. The third-order valence-electron chi connectivity index (χ3n) is 1.40. The van der Waals surface area contributed by atoms with E-state index < -0.39 is 0 Å². The topological polar surface area (TPSA) is 70.6 Å².